The zero-order valence-corrected chi connectivity index (χ0v) is 10.9. The van der Waals surface area contributed by atoms with Gasteiger partial charge in [0.1, 0.15) is 5.82 Å². The molecule has 0 saturated heterocycles. The van der Waals surface area contributed by atoms with Crippen LogP contribution in [-0.2, 0) is 10.0 Å². The summed E-state index contributed by atoms with van der Waals surface area (Å²) in [5.41, 5.74) is 0. The van der Waals surface area contributed by atoms with Crippen molar-refractivity contribution < 1.29 is 12.8 Å². The lowest BCUT2D eigenvalue weighted by atomic mass is 10.4. The molecule has 1 aromatic rings. The molecule has 0 heterocycles. The number of rotatable bonds is 6. The van der Waals surface area contributed by atoms with Gasteiger partial charge in [0.15, 0.2) is 0 Å². The summed E-state index contributed by atoms with van der Waals surface area (Å²) in [6.07, 6.45) is 0.0277. The van der Waals surface area contributed by atoms with Crippen LogP contribution in [0.1, 0.15) is 12.8 Å². The molecule has 0 fully saturated rings. The monoisotopic (exact) mass is 281 g/mol. The fourth-order valence-corrected chi connectivity index (χ4v) is 2.95. The molecule has 19 heavy (non-hydrogen) atoms. The van der Waals surface area contributed by atoms with Crippen molar-refractivity contribution in [1.29, 1.82) is 10.5 Å². The van der Waals surface area contributed by atoms with Crippen LogP contribution in [0.25, 0.3) is 0 Å². The number of halogens is 1. The first-order valence-electron chi connectivity index (χ1n) is 5.52. The van der Waals surface area contributed by atoms with Gasteiger partial charge >= 0.3 is 0 Å². The number of nitrogens with zero attached hydrogens (tertiary/aromatic N) is 3. The highest BCUT2D eigenvalue weighted by molar-refractivity contribution is 7.89. The fraction of sp³-hybridized carbons (Fsp3) is 0.333. The first-order valence-corrected chi connectivity index (χ1v) is 6.96. The van der Waals surface area contributed by atoms with Gasteiger partial charge in [-0.15, -0.1) is 0 Å². The highest BCUT2D eigenvalue weighted by Crippen LogP contribution is 2.17. The lowest BCUT2D eigenvalue weighted by Gasteiger charge is -2.19. The topological polar surface area (TPSA) is 85.0 Å². The predicted octanol–water partition coefficient (Wildman–Crippen LogP) is 1.64. The summed E-state index contributed by atoms with van der Waals surface area (Å²) < 4.78 is 38.6. The minimum absolute atomic E-state index is 0.0139. The Hall–Kier alpha value is -1.96. The van der Waals surface area contributed by atoms with Gasteiger partial charge in [-0.25, -0.2) is 12.8 Å². The third-order valence-corrected chi connectivity index (χ3v) is 4.27. The largest absolute Gasteiger partial charge is 0.243 e. The van der Waals surface area contributed by atoms with E-state index in [0.29, 0.717) is 0 Å². The molecule has 0 aliphatic heterocycles. The molecule has 0 radical (unpaired) electrons. The van der Waals surface area contributed by atoms with Crippen molar-refractivity contribution >= 4 is 10.0 Å². The number of hydrogen-bond donors (Lipinski definition) is 0. The average Bonchev–Trinajstić information content (AvgIpc) is 2.38. The molecule has 7 heteroatoms. The maximum absolute atomic E-state index is 13.1. The van der Waals surface area contributed by atoms with Crippen LogP contribution in [0.4, 0.5) is 4.39 Å². The van der Waals surface area contributed by atoms with Gasteiger partial charge in [0.05, 0.1) is 17.0 Å². The molecule has 0 atom stereocenters. The van der Waals surface area contributed by atoms with Crippen LogP contribution in [0.3, 0.4) is 0 Å². The summed E-state index contributed by atoms with van der Waals surface area (Å²) in [6, 6.07) is 8.34. The number of hydrogen-bond acceptors (Lipinski definition) is 4. The number of nitriles is 2. The predicted molar refractivity (Wildman–Crippen MR) is 65.6 cm³/mol. The van der Waals surface area contributed by atoms with Crippen LogP contribution in [-0.4, -0.2) is 25.8 Å². The van der Waals surface area contributed by atoms with Crippen molar-refractivity contribution in [2.75, 3.05) is 13.1 Å². The van der Waals surface area contributed by atoms with Crippen molar-refractivity contribution in [2.45, 2.75) is 17.7 Å². The van der Waals surface area contributed by atoms with Gasteiger partial charge in [-0.2, -0.15) is 14.8 Å². The average molecular weight is 281 g/mol. The fourth-order valence-electron chi connectivity index (χ4n) is 1.48. The Bertz CT molecular complexity index is 599. The standard InChI is InChI=1S/C12H12FN3O2S/c13-11-4-1-5-12(10-11)19(17,18)16(8-2-6-14)9-3-7-15/h1,4-5,10H,2-3,8-9H2. The van der Waals surface area contributed by atoms with Crippen molar-refractivity contribution in [3.8, 4) is 12.1 Å². The molecule has 100 valence electrons. The highest BCUT2D eigenvalue weighted by atomic mass is 32.2. The molecule has 1 rings (SSSR count). The second-order valence-corrected chi connectivity index (χ2v) is 5.62. The first kappa shape index (κ1) is 15.1. The second-order valence-electron chi connectivity index (χ2n) is 3.68. The Kier molecular flexibility index (Phi) is 5.43. The van der Waals surface area contributed by atoms with Gasteiger partial charge < -0.3 is 0 Å². The summed E-state index contributed by atoms with van der Waals surface area (Å²) in [5.74, 6) is -0.651. The number of sulfonamides is 1. The molecule has 0 unspecified atom stereocenters. The van der Waals surface area contributed by atoms with Gasteiger partial charge in [-0.05, 0) is 18.2 Å². The molecule has 5 nitrogen and oxygen atoms in total. The molecule has 0 bridgehead atoms. The third-order valence-electron chi connectivity index (χ3n) is 2.38. The molecule has 1 aromatic carbocycles. The smallest absolute Gasteiger partial charge is 0.207 e. The molecule has 0 saturated carbocycles. The summed E-state index contributed by atoms with van der Waals surface area (Å²) in [6.45, 7) is -0.0337. The zero-order chi connectivity index (χ0) is 14.3. The van der Waals surface area contributed by atoms with E-state index in [-0.39, 0.29) is 30.8 Å². The third kappa shape index (κ3) is 4.02. The van der Waals surface area contributed by atoms with E-state index >= 15 is 0 Å². The SMILES string of the molecule is N#CCCN(CCC#N)S(=O)(=O)c1cccc(F)c1. The maximum Gasteiger partial charge on any atom is 0.243 e. The first-order chi connectivity index (χ1) is 9.02. The van der Waals surface area contributed by atoms with Crippen molar-refractivity contribution in [3.05, 3.63) is 30.1 Å². The minimum Gasteiger partial charge on any atom is -0.207 e. The number of benzene rings is 1. The van der Waals surface area contributed by atoms with E-state index in [1.165, 1.54) is 12.1 Å². The molecule has 0 N–H and O–H groups in total. The minimum atomic E-state index is -3.88. The van der Waals surface area contributed by atoms with Crippen LogP contribution in [0.15, 0.2) is 29.2 Å². The van der Waals surface area contributed by atoms with Gasteiger partial charge in [0.25, 0.3) is 0 Å². The Labute approximate surface area is 111 Å². The van der Waals surface area contributed by atoms with E-state index in [0.717, 1.165) is 16.4 Å². The van der Waals surface area contributed by atoms with Crippen LogP contribution in [0.2, 0.25) is 0 Å². The summed E-state index contributed by atoms with van der Waals surface area (Å²) in [7, 11) is -3.88. The van der Waals surface area contributed by atoms with Crippen molar-refractivity contribution in [3.63, 3.8) is 0 Å². The molecule has 0 spiro atoms. The zero-order valence-electron chi connectivity index (χ0n) is 10.1. The van der Waals surface area contributed by atoms with Crippen LogP contribution >= 0.6 is 0 Å². The van der Waals surface area contributed by atoms with Crippen molar-refractivity contribution in [1.82, 2.24) is 4.31 Å². The van der Waals surface area contributed by atoms with Crippen LogP contribution in [0, 0.1) is 28.5 Å². The molecule has 0 amide bonds. The Morgan fingerprint density at radius 1 is 1.16 bits per heavy atom. The van der Waals surface area contributed by atoms with E-state index in [2.05, 4.69) is 0 Å². The molecule has 0 aliphatic carbocycles. The Morgan fingerprint density at radius 3 is 2.21 bits per heavy atom. The van der Waals surface area contributed by atoms with E-state index < -0.39 is 15.8 Å². The van der Waals surface area contributed by atoms with E-state index in [1.54, 1.807) is 0 Å². The lowest BCUT2D eigenvalue weighted by molar-refractivity contribution is 0.424. The molecule has 0 aromatic heterocycles. The van der Waals surface area contributed by atoms with Gasteiger partial charge in [0, 0.05) is 25.9 Å². The summed E-state index contributed by atoms with van der Waals surface area (Å²) in [4.78, 5) is -0.177. The lowest BCUT2D eigenvalue weighted by Crippen LogP contribution is -2.32. The highest BCUT2D eigenvalue weighted by Gasteiger charge is 2.24. The van der Waals surface area contributed by atoms with Gasteiger partial charge in [-0.1, -0.05) is 6.07 Å². The quantitative estimate of drug-likeness (QED) is 0.793. The normalized spacial score (nSPS) is 10.9. The Morgan fingerprint density at radius 2 is 1.74 bits per heavy atom. The molecular formula is C12H12FN3O2S. The van der Waals surface area contributed by atoms with Crippen LogP contribution in [0.5, 0.6) is 0 Å². The van der Waals surface area contributed by atoms with E-state index in [9.17, 15) is 12.8 Å². The molecular weight excluding hydrogens is 269 g/mol. The van der Waals surface area contributed by atoms with Gasteiger partial charge in [-0.3, -0.25) is 0 Å². The van der Waals surface area contributed by atoms with Crippen molar-refractivity contribution in [2.24, 2.45) is 0 Å². The van der Waals surface area contributed by atoms with Gasteiger partial charge in [0.2, 0.25) is 10.0 Å². The maximum atomic E-state index is 13.1. The van der Waals surface area contributed by atoms with E-state index in [1.807, 2.05) is 12.1 Å². The van der Waals surface area contributed by atoms with E-state index in [4.69, 9.17) is 10.5 Å². The molecule has 0 aliphatic rings. The second kappa shape index (κ2) is 6.83. The summed E-state index contributed by atoms with van der Waals surface area (Å²) in [5, 5.41) is 17.0. The summed E-state index contributed by atoms with van der Waals surface area (Å²) >= 11 is 0. The Balaban J connectivity index is 3.05. The van der Waals surface area contributed by atoms with Crippen LogP contribution < -0.4 is 0 Å².